The summed E-state index contributed by atoms with van der Waals surface area (Å²) in [6.45, 7) is 4.84. The van der Waals surface area contributed by atoms with Crippen LogP contribution >= 0.6 is 11.8 Å². The molecule has 0 saturated heterocycles. The normalized spacial score (nSPS) is 24.5. The van der Waals surface area contributed by atoms with Gasteiger partial charge in [-0.15, -0.1) is 0 Å². The van der Waals surface area contributed by atoms with Crippen molar-refractivity contribution in [3.8, 4) is 0 Å². The number of rotatable bonds is 3. The summed E-state index contributed by atoms with van der Waals surface area (Å²) in [5.41, 5.74) is 1.66. The molecule has 2 nitrogen and oxygen atoms in total. The van der Waals surface area contributed by atoms with Crippen LogP contribution < -0.4 is 5.32 Å². The van der Waals surface area contributed by atoms with Gasteiger partial charge < -0.3 is 10.4 Å². The average molecular weight is 237 g/mol. The lowest BCUT2D eigenvalue weighted by atomic mass is 9.91. The van der Waals surface area contributed by atoms with Crippen LogP contribution in [0.2, 0.25) is 0 Å². The van der Waals surface area contributed by atoms with Gasteiger partial charge in [0.15, 0.2) is 0 Å². The molecule has 0 aromatic heterocycles. The van der Waals surface area contributed by atoms with E-state index in [-0.39, 0.29) is 0 Å². The van der Waals surface area contributed by atoms with E-state index in [1.807, 2.05) is 12.1 Å². The molecule has 0 saturated carbocycles. The summed E-state index contributed by atoms with van der Waals surface area (Å²) in [7, 11) is 0. The Bertz CT molecular complexity index is 367. The molecule has 88 valence electrons. The fourth-order valence-corrected chi connectivity index (χ4v) is 3.20. The largest absolute Gasteiger partial charge is 0.383 e. The first-order valence-corrected chi connectivity index (χ1v) is 6.89. The third-order valence-electron chi connectivity index (χ3n) is 2.92. The molecule has 2 rings (SSSR count). The molecule has 1 aliphatic heterocycles. The smallest absolute Gasteiger partial charge is 0.111 e. The third-order valence-corrected chi connectivity index (χ3v) is 4.12. The zero-order chi connectivity index (χ0) is 11.6. The van der Waals surface area contributed by atoms with Crippen molar-refractivity contribution in [2.24, 2.45) is 0 Å². The summed E-state index contributed by atoms with van der Waals surface area (Å²) < 4.78 is 0. The van der Waals surface area contributed by atoms with E-state index in [1.54, 1.807) is 11.8 Å². The van der Waals surface area contributed by atoms with Gasteiger partial charge in [0.25, 0.3) is 0 Å². The van der Waals surface area contributed by atoms with Crippen LogP contribution in [0.3, 0.4) is 0 Å². The maximum absolute atomic E-state index is 10.7. The Morgan fingerprint density at radius 2 is 2.19 bits per heavy atom. The molecule has 1 atom stereocenters. The van der Waals surface area contributed by atoms with Crippen LogP contribution in [0.4, 0.5) is 0 Å². The highest BCUT2D eigenvalue weighted by Crippen LogP contribution is 2.35. The highest BCUT2D eigenvalue weighted by atomic mass is 32.2. The fraction of sp³-hybridized carbons (Fsp3) is 0.538. The molecule has 0 amide bonds. The van der Waals surface area contributed by atoms with Gasteiger partial charge in [-0.25, -0.2) is 0 Å². The number of thioether (sulfide) groups is 1. The van der Waals surface area contributed by atoms with Crippen LogP contribution in [0, 0.1) is 0 Å². The number of fused-ring (bicyclic) bond motifs is 1. The first kappa shape index (κ1) is 12.0. The molecule has 1 unspecified atom stereocenters. The van der Waals surface area contributed by atoms with Crippen molar-refractivity contribution in [3.63, 3.8) is 0 Å². The van der Waals surface area contributed by atoms with E-state index >= 15 is 0 Å². The van der Waals surface area contributed by atoms with Crippen LogP contribution in [0.25, 0.3) is 0 Å². The maximum Gasteiger partial charge on any atom is 0.111 e. The van der Waals surface area contributed by atoms with Crippen molar-refractivity contribution in [2.75, 3.05) is 12.3 Å². The van der Waals surface area contributed by atoms with Gasteiger partial charge in [-0.2, -0.15) is 11.8 Å². The number of nitrogens with one attached hydrogen (secondary N) is 1. The Labute approximate surface area is 101 Å². The van der Waals surface area contributed by atoms with Gasteiger partial charge in [0.1, 0.15) is 5.60 Å². The van der Waals surface area contributed by atoms with Gasteiger partial charge in [-0.3, -0.25) is 0 Å². The molecule has 1 aromatic carbocycles. The van der Waals surface area contributed by atoms with Crippen LogP contribution in [-0.4, -0.2) is 23.4 Å². The SMILES string of the molecule is CC(C)NCC1(O)CSCc2ccccc21. The summed E-state index contributed by atoms with van der Waals surface area (Å²) in [5, 5.41) is 14.0. The summed E-state index contributed by atoms with van der Waals surface area (Å²) in [4.78, 5) is 0. The summed E-state index contributed by atoms with van der Waals surface area (Å²) in [6.07, 6.45) is 0. The lowest BCUT2D eigenvalue weighted by molar-refractivity contribution is 0.0581. The van der Waals surface area contributed by atoms with E-state index in [2.05, 4.69) is 31.3 Å². The van der Waals surface area contributed by atoms with Crippen LogP contribution in [-0.2, 0) is 11.4 Å². The van der Waals surface area contributed by atoms with Gasteiger partial charge >= 0.3 is 0 Å². The third kappa shape index (κ3) is 2.42. The van der Waals surface area contributed by atoms with Crippen molar-refractivity contribution in [3.05, 3.63) is 35.4 Å². The molecule has 1 heterocycles. The first-order valence-electron chi connectivity index (χ1n) is 5.74. The molecule has 3 heteroatoms. The van der Waals surface area contributed by atoms with Crippen LogP contribution in [0.15, 0.2) is 24.3 Å². The summed E-state index contributed by atoms with van der Waals surface area (Å²) >= 11 is 1.81. The van der Waals surface area contributed by atoms with Crippen molar-refractivity contribution >= 4 is 11.8 Å². The quantitative estimate of drug-likeness (QED) is 0.844. The van der Waals surface area contributed by atoms with E-state index in [0.29, 0.717) is 12.6 Å². The molecule has 1 aliphatic rings. The van der Waals surface area contributed by atoms with E-state index in [4.69, 9.17) is 0 Å². The van der Waals surface area contributed by atoms with E-state index in [1.165, 1.54) is 5.56 Å². The predicted molar refractivity (Wildman–Crippen MR) is 69.6 cm³/mol. The lowest BCUT2D eigenvalue weighted by Gasteiger charge is -2.35. The van der Waals surface area contributed by atoms with Crippen molar-refractivity contribution < 1.29 is 5.11 Å². The molecule has 2 N–H and O–H groups in total. The number of hydrogen-bond donors (Lipinski definition) is 2. The Hall–Kier alpha value is -0.510. The molecule has 1 aromatic rings. The Morgan fingerprint density at radius 3 is 2.94 bits per heavy atom. The zero-order valence-corrected chi connectivity index (χ0v) is 10.7. The van der Waals surface area contributed by atoms with E-state index in [9.17, 15) is 5.11 Å². The molecule has 16 heavy (non-hydrogen) atoms. The van der Waals surface area contributed by atoms with Gasteiger partial charge in [-0.1, -0.05) is 38.1 Å². The Morgan fingerprint density at radius 1 is 1.44 bits per heavy atom. The minimum absolute atomic E-state index is 0.406. The number of hydrogen-bond acceptors (Lipinski definition) is 3. The second-order valence-electron chi connectivity index (χ2n) is 4.72. The maximum atomic E-state index is 10.7. The van der Waals surface area contributed by atoms with E-state index in [0.717, 1.165) is 17.1 Å². The minimum Gasteiger partial charge on any atom is -0.383 e. The number of benzene rings is 1. The summed E-state index contributed by atoms with van der Waals surface area (Å²) in [5.74, 6) is 1.80. The predicted octanol–water partition coefficient (Wildman–Crippen LogP) is 2.12. The topological polar surface area (TPSA) is 32.3 Å². The zero-order valence-electron chi connectivity index (χ0n) is 9.86. The summed E-state index contributed by atoms with van der Waals surface area (Å²) in [6, 6.07) is 8.62. The standard InChI is InChI=1S/C13H19NOS/c1-10(2)14-8-13(15)9-16-7-11-5-3-4-6-12(11)13/h3-6,10,14-15H,7-9H2,1-2H3. The second kappa shape index (κ2) is 4.78. The molecular weight excluding hydrogens is 218 g/mol. The Balaban J connectivity index is 2.22. The fourth-order valence-electron chi connectivity index (χ4n) is 2.03. The average Bonchev–Trinajstić information content (AvgIpc) is 2.27. The molecule has 0 bridgehead atoms. The van der Waals surface area contributed by atoms with Crippen molar-refractivity contribution in [1.29, 1.82) is 0 Å². The van der Waals surface area contributed by atoms with Gasteiger partial charge in [-0.05, 0) is 11.1 Å². The van der Waals surface area contributed by atoms with Gasteiger partial charge in [0, 0.05) is 24.1 Å². The van der Waals surface area contributed by atoms with Crippen LogP contribution in [0.5, 0.6) is 0 Å². The van der Waals surface area contributed by atoms with Crippen molar-refractivity contribution in [2.45, 2.75) is 31.2 Å². The molecular formula is C13H19NOS. The molecule has 0 fully saturated rings. The monoisotopic (exact) mass is 237 g/mol. The second-order valence-corrected chi connectivity index (χ2v) is 5.70. The first-order chi connectivity index (χ1) is 7.62. The van der Waals surface area contributed by atoms with Gasteiger partial charge in [0.2, 0.25) is 0 Å². The van der Waals surface area contributed by atoms with Gasteiger partial charge in [0.05, 0.1) is 0 Å². The van der Waals surface area contributed by atoms with Crippen LogP contribution in [0.1, 0.15) is 25.0 Å². The Kier molecular flexibility index (Phi) is 3.57. The van der Waals surface area contributed by atoms with Crippen molar-refractivity contribution in [1.82, 2.24) is 5.32 Å². The molecule has 0 spiro atoms. The highest BCUT2D eigenvalue weighted by molar-refractivity contribution is 7.98. The number of aliphatic hydroxyl groups is 1. The molecule has 0 aliphatic carbocycles. The minimum atomic E-state index is -0.705. The van der Waals surface area contributed by atoms with E-state index < -0.39 is 5.60 Å². The lowest BCUT2D eigenvalue weighted by Crippen LogP contribution is -2.44. The molecule has 0 radical (unpaired) electrons. The highest BCUT2D eigenvalue weighted by Gasteiger charge is 2.34.